The number of aromatic amines is 1. The molecule has 0 spiro atoms. The fourth-order valence-electron chi connectivity index (χ4n) is 2.08. The lowest BCUT2D eigenvalue weighted by Crippen LogP contribution is -2.32. The molecule has 1 N–H and O–H groups in total. The minimum atomic E-state index is -0.308. The van der Waals surface area contributed by atoms with E-state index in [1.54, 1.807) is 36.5 Å². The predicted molar refractivity (Wildman–Crippen MR) is 90.4 cm³/mol. The van der Waals surface area contributed by atoms with Crippen LogP contribution < -0.4 is 4.74 Å². The van der Waals surface area contributed by atoms with Crippen molar-refractivity contribution in [2.45, 2.75) is 0 Å². The maximum Gasteiger partial charge on any atom is 0.293 e. The van der Waals surface area contributed by atoms with Gasteiger partial charge in [0.15, 0.2) is 0 Å². The molecule has 0 aliphatic carbocycles. The van der Waals surface area contributed by atoms with Crippen LogP contribution >= 0.6 is 23.4 Å². The summed E-state index contributed by atoms with van der Waals surface area (Å²) in [6, 6.07) is 10.7. The topological polar surface area (TPSA) is 62.4 Å². The van der Waals surface area contributed by atoms with Crippen molar-refractivity contribution >= 4 is 40.6 Å². The second kappa shape index (κ2) is 6.93. The largest absolute Gasteiger partial charge is 0.490 e. The van der Waals surface area contributed by atoms with Crippen LogP contribution in [-0.4, -0.2) is 34.2 Å². The van der Waals surface area contributed by atoms with Gasteiger partial charge in [0.1, 0.15) is 12.4 Å². The number of imide groups is 1. The van der Waals surface area contributed by atoms with Crippen molar-refractivity contribution in [2.24, 2.45) is 0 Å². The molecule has 1 aliphatic rings. The quantitative estimate of drug-likeness (QED) is 0.835. The molecule has 0 bridgehead atoms. The van der Waals surface area contributed by atoms with E-state index in [1.807, 2.05) is 12.1 Å². The van der Waals surface area contributed by atoms with Crippen molar-refractivity contribution in [3.8, 4) is 5.75 Å². The van der Waals surface area contributed by atoms with E-state index in [2.05, 4.69) is 4.98 Å². The number of thioether (sulfide) groups is 1. The van der Waals surface area contributed by atoms with Crippen molar-refractivity contribution in [2.75, 3.05) is 13.2 Å². The molecule has 23 heavy (non-hydrogen) atoms. The van der Waals surface area contributed by atoms with E-state index in [9.17, 15) is 9.59 Å². The standard InChI is InChI=1S/C16H13ClN2O3S/c17-12-5-1-2-6-13(12)22-9-8-19-15(20)14(23-16(19)21)10-11-4-3-7-18-11/h1-7,10,18H,8-9H2/b14-10-. The van der Waals surface area contributed by atoms with Gasteiger partial charge in [-0.2, -0.15) is 0 Å². The Hall–Kier alpha value is -2.18. The summed E-state index contributed by atoms with van der Waals surface area (Å²) in [5, 5.41) is 0.198. The molecule has 2 heterocycles. The highest BCUT2D eigenvalue weighted by Gasteiger charge is 2.34. The zero-order valence-electron chi connectivity index (χ0n) is 12.0. The average Bonchev–Trinajstić information content (AvgIpc) is 3.13. The summed E-state index contributed by atoms with van der Waals surface area (Å²) in [7, 11) is 0. The molecule has 118 valence electrons. The highest BCUT2D eigenvalue weighted by Crippen LogP contribution is 2.32. The lowest BCUT2D eigenvalue weighted by molar-refractivity contribution is -0.123. The van der Waals surface area contributed by atoms with E-state index in [0.717, 1.165) is 17.5 Å². The van der Waals surface area contributed by atoms with Gasteiger partial charge in [0.25, 0.3) is 11.1 Å². The normalized spacial score (nSPS) is 16.4. The minimum absolute atomic E-state index is 0.179. The molecule has 5 nitrogen and oxygen atoms in total. The molecule has 0 atom stereocenters. The molecule has 2 amide bonds. The number of carbonyl (C=O) groups is 2. The van der Waals surface area contributed by atoms with Crippen molar-refractivity contribution in [3.05, 3.63) is 58.2 Å². The van der Waals surface area contributed by atoms with Crippen molar-refractivity contribution in [3.63, 3.8) is 0 Å². The van der Waals surface area contributed by atoms with Gasteiger partial charge < -0.3 is 9.72 Å². The third-order valence-electron chi connectivity index (χ3n) is 3.19. The number of carbonyl (C=O) groups excluding carboxylic acids is 2. The van der Waals surface area contributed by atoms with E-state index in [4.69, 9.17) is 16.3 Å². The van der Waals surface area contributed by atoms with Gasteiger partial charge in [-0.3, -0.25) is 14.5 Å². The molecule has 0 radical (unpaired) electrons. The van der Waals surface area contributed by atoms with Crippen LogP contribution in [0.1, 0.15) is 5.69 Å². The highest BCUT2D eigenvalue weighted by atomic mass is 35.5. The molecule has 0 unspecified atom stereocenters. The Morgan fingerprint density at radius 2 is 2.04 bits per heavy atom. The fraction of sp³-hybridized carbons (Fsp3) is 0.125. The Morgan fingerprint density at radius 3 is 2.78 bits per heavy atom. The zero-order chi connectivity index (χ0) is 16.2. The molecule has 1 aromatic carbocycles. The summed E-state index contributed by atoms with van der Waals surface area (Å²) in [5.41, 5.74) is 0.780. The van der Waals surface area contributed by atoms with Gasteiger partial charge in [0.2, 0.25) is 0 Å². The fourth-order valence-corrected chi connectivity index (χ4v) is 3.12. The number of ether oxygens (including phenoxy) is 1. The Kier molecular flexibility index (Phi) is 4.73. The molecule has 3 rings (SSSR count). The number of H-pyrrole nitrogens is 1. The molecule has 1 aromatic heterocycles. The molecule has 1 fully saturated rings. The number of nitrogens with one attached hydrogen (secondary N) is 1. The van der Waals surface area contributed by atoms with Crippen LogP contribution in [-0.2, 0) is 4.79 Å². The first kappa shape index (κ1) is 15.7. The number of hydrogen-bond acceptors (Lipinski definition) is 4. The van der Waals surface area contributed by atoms with Gasteiger partial charge in [-0.1, -0.05) is 23.7 Å². The maximum atomic E-state index is 12.3. The lowest BCUT2D eigenvalue weighted by Gasteiger charge is -2.13. The molecular weight excluding hydrogens is 336 g/mol. The molecular formula is C16H13ClN2O3S. The third-order valence-corrected chi connectivity index (χ3v) is 4.41. The molecule has 2 aromatic rings. The summed E-state index contributed by atoms with van der Waals surface area (Å²) in [4.78, 5) is 28.8. The van der Waals surface area contributed by atoms with Gasteiger partial charge in [-0.05, 0) is 42.1 Å². The molecule has 1 saturated heterocycles. The highest BCUT2D eigenvalue weighted by molar-refractivity contribution is 8.18. The molecule has 0 saturated carbocycles. The van der Waals surface area contributed by atoms with Gasteiger partial charge in [-0.25, -0.2) is 0 Å². The number of hydrogen-bond donors (Lipinski definition) is 1. The monoisotopic (exact) mass is 348 g/mol. The Bertz CT molecular complexity index is 758. The number of nitrogens with zero attached hydrogens (tertiary/aromatic N) is 1. The summed E-state index contributed by atoms with van der Waals surface area (Å²) >= 11 is 6.92. The number of rotatable bonds is 5. The number of para-hydroxylation sites is 1. The van der Waals surface area contributed by atoms with E-state index >= 15 is 0 Å². The van der Waals surface area contributed by atoms with Crippen LogP contribution in [0.5, 0.6) is 5.75 Å². The van der Waals surface area contributed by atoms with Crippen molar-refractivity contribution < 1.29 is 14.3 Å². The first-order chi connectivity index (χ1) is 11.1. The first-order valence-corrected chi connectivity index (χ1v) is 8.10. The van der Waals surface area contributed by atoms with Crippen LogP contribution in [0.25, 0.3) is 6.08 Å². The summed E-state index contributed by atoms with van der Waals surface area (Å²) in [5.74, 6) is 0.223. The van der Waals surface area contributed by atoms with Gasteiger partial charge in [0.05, 0.1) is 16.5 Å². The van der Waals surface area contributed by atoms with Gasteiger partial charge in [0, 0.05) is 11.9 Å². The Labute approximate surface area is 142 Å². The zero-order valence-corrected chi connectivity index (χ0v) is 13.6. The molecule has 7 heteroatoms. The number of benzene rings is 1. The maximum absolute atomic E-state index is 12.3. The summed E-state index contributed by atoms with van der Waals surface area (Å²) < 4.78 is 5.52. The number of aromatic nitrogens is 1. The summed E-state index contributed by atoms with van der Waals surface area (Å²) in [6.07, 6.45) is 3.42. The molecule has 1 aliphatic heterocycles. The second-order valence-electron chi connectivity index (χ2n) is 4.74. The van der Waals surface area contributed by atoms with Crippen LogP contribution in [0.15, 0.2) is 47.5 Å². The third kappa shape index (κ3) is 3.60. The van der Waals surface area contributed by atoms with E-state index in [-0.39, 0.29) is 24.3 Å². The Morgan fingerprint density at radius 1 is 1.22 bits per heavy atom. The average molecular weight is 349 g/mol. The lowest BCUT2D eigenvalue weighted by atomic mass is 10.3. The van der Waals surface area contributed by atoms with E-state index in [1.165, 1.54) is 4.90 Å². The van der Waals surface area contributed by atoms with E-state index < -0.39 is 0 Å². The van der Waals surface area contributed by atoms with Gasteiger partial charge >= 0.3 is 0 Å². The smallest absolute Gasteiger partial charge is 0.293 e. The van der Waals surface area contributed by atoms with Crippen molar-refractivity contribution in [1.29, 1.82) is 0 Å². The van der Waals surface area contributed by atoms with Crippen LogP contribution in [0.2, 0.25) is 5.02 Å². The number of halogens is 1. The van der Waals surface area contributed by atoms with Crippen molar-refractivity contribution in [1.82, 2.24) is 9.88 Å². The van der Waals surface area contributed by atoms with Gasteiger partial charge in [-0.15, -0.1) is 0 Å². The first-order valence-electron chi connectivity index (χ1n) is 6.91. The SMILES string of the molecule is O=C1S/C(=C\c2ccc[nH]2)C(=O)N1CCOc1ccccc1Cl. The van der Waals surface area contributed by atoms with Crippen LogP contribution in [0.4, 0.5) is 4.79 Å². The summed E-state index contributed by atoms with van der Waals surface area (Å²) in [6.45, 7) is 0.371. The predicted octanol–water partition coefficient (Wildman–Crippen LogP) is 3.78. The minimum Gasteiger partial charge on any atom is -0.490 e. The van der Waals surface area contributed by atoms with E-state index in [0.29, 0.717) is 15.7 Å². The van der Waals surface area contributed by atoms with Crippen LogP contribution in [0, 0.1) is 0 Å². The second-order valence-corrected chi connectivity index (χ2v) is 6.14. The number of amides is 2. The van der Waals surface area contributed by atoms with Crippen LogP contribution in [0.3, 0.4) is 0 Å². The Balaban J connectivity index is 1.61.